The van der Waals surface area contributed by atoms with Crippen LogP contribution in [-0.4, -0.2) is 60.9 Å². The molecule has 1 aliphatic rings. The Morgan fingerprint density at radius 3 is 2.57 bits per heavy atom. The number of nitrogens with zero attached hydrogens (tertiary/aromatic N) is 2. The summed E-state index contributed by atoms with van der Waals surface area (Å²) in [5.41, 5.74) is 0.306. The number of methoxy groups -OCH3 is 1. The summed E-state index contributed by atoms with van der Waals surface area (Å²) >= 11 is 6.18. The summed E-state index contributed by atoms with van der Waals surface area (Å²) in [7, 11) is 5.36. The SMILES string of the molecule is COc1ccc(/C(O)=C2\C(=O)C(=O)N(CCCN(C)C)[C@H]2c2ccc(C)o2)cc1Cl. The van der Waals surface area contributed by atoms with E-state index >= 15 is 0 Å². The van der Waals surface area contributed by atoms with Crippen molar-refractivity contribution in [3.8, 4) is 5.75 Å². The van der Waals surface area contributed by atoms with Gasteiger partial charge in [-0.2, -0.15) is 0 Å². The Morgan fingerprint density at radius 2 is 2.00 bits per heavy atom. The molecular weight excluding hydrogens is 408 g/mol. The molecule has 2 heterocycles. The van der Waals surface area contributed by atoms with Gasteiger partial charge in [0, 0.05) is 12.1 Å². The molecule has 1 aliphatic heterocycles. The predicted molar refractivity (Wildman–Crippen MR) is 114 cm³/mol. The second kappa shape index (κ2) is 8.93. The number of ketones is 1. The Balaban J connectivity index is 2.08. The molecule has 1 amide bonds. The van der Waals surface area contributed by atoms with E-state index in [1.54, 1.807) is 31.2 Å². The number of halogens is 1. The monoisotopic (exact) mass is 432 g/mol. The number of carbonyl (C=O) groups is 2. The largest absolute Gasteiger partial charge is 0.507 e. The van der Waals surface area contributed by atoms with Crippen LogP contribution < -0.4 is 4.74 Å². The molecule has 160 valence electrons. The third kappa shape index (κ3) is 4.22. The number of aliphatic hydroxyl groups excluding tert-OH is 1. The number of likely N-dealkylation sites (tertiary alicyclic amines) is 1. The van der Waals surface area contributed by atoms with Crippen LogP contribution in [0.2, 0.25) is 5.02 Å². The van der Waals surface area contributed by atoms with E-state index in [1.807, 2.05) is 19.0 Å². The van der Waals surface area contributed by atoms with Crippen molar-refractivity contribution in [3.05, 3.63) is 58.0 Å². The average Bonchev–Trinajstić information content (AvgIpc) is 3.23. The number of rotatable bonds is 7. The van der Waals surface area contributed by atoms with Crippen LogP contribution in [0.1, 0.15) is 29.5 Å². The minimum Gasteiger partial charge on any atom is -0.507 e. The number of hydrogen-bond donors (Lipinski definition) is 1. The van der Waals surface area contributed by atoms with Crippen molar-refractivity contribution < 1.29 is 23.8 Å². The molecule has 1 atom stereocenters. The van der Waals surface area contributed by atoms with Gasteiger partial charge < -0.3 is 24.1 Å². The minimum atomic E-state index is -0.804. The first-order valence-electron chi connectivity index (χ1n) is 9.58. The highest BCUT2D eigenvalue weighted by molar-refractivity contribution is 6.46. The number of Topliss-reactive ketones (excluding diaryl/α,β-unsaturated/α-hetero) is 1. The Hall–Kier alpha value is -2.77. The smallest absolute Gasteiger partial charge is 0.295 e. The first-order chi connectivity index (χ1) is 14.2. The van der Waals surface area contributed by atoms with Crippen molar-refractivity contribution in [1.29, 1.82) is 0 Å². The van der Waals surface area contributed by atoms with Gasteiger partial charge in [0.1, 0.15) is 29.1 Å². The van der Waals surface area contributed by atoms with E-state index in [2.05, 4.69) is 0 Å². The molecule has 1 aromatic heterocycles. The molecule has 0 radical (unpaired) electrons. The van der Waals surface area contributed by atoms with Crippen molar-refractivity contribution >= 4 is 29.1 Å². The number of amides is 1. The second-order valence-corrected chi connectivity index (χ2v) is 7.85. The van der Waals surface area contributed by atoms with Gasteiger partial charge in [-0.15, -0.1) is 0 Å². The maximum atomic E-state index is 12.9. The lowest BCUT2D eigenvalue weighted by Crippen LogP contribution is -2.32. The zero-order valence-corrected chi connectivity index (χ0v) is 18.2. The van der Waals surface area contributed by atoms with Crippen molar-refractivity contribution in [3.63, 3.8) is 0 Å². The van der Waals surface area contributed by atoms with Crippen molar-refractivity contribution in [1.82, 2.24) is 9.80 Å². The van der Waals surface area contributed by atoms with Crippen LogP contribution in [0, 0.1) is 6.92 Å². The average molecular weight is 433 g/mol. The molecular formula is C22H25ClN2O5. The van der Waals surface area contributed by atoms with Crippen molar-refractivity contribution in [2.75, 3.05) is 34.3 Å². The van der Waals surface area contributed by atoms with Crippen LogP contribution in [0.15, 0.2) is 40.3 Å². The number of hydrogen-bond acceptors (Lipinski definition) is 6. The number of ether oxygens (including phenoxy) is 1. The van der Waals surface area contributed by atoms with E-state index in [-0.39, 0.29) is 16.4 Å². The van der Waals surface area contributed by atoms with Crippen LogP contribution in [-0.2, 0) is 9.59 Å². The maximum Gasteiger partial charge on any atom is 0.295 e. The predicted octanol–water partition coefficient (Wildman–Crippen LogP) is 3.62. The highest BCUT2D eigenvalue weighted by Gasteiger charge is 2.47. The normalized spacial score (nSPS) is 18.5. The van der Waals surface area contributed by atoms with Gasteiger partial charge in [-0.05, 0) is 64.3 Å². The zero-order chi connectivity index (χ0) is 22.0. The molecule has 0 saturated carbocycles. The van der Waals surface area contributed by atoms with Gasteiger partial charge in [-0.3, -0.25) is 9.59 Å². The summed E-state index contributed by atoms with van der Waals surface area (Å²) in [6.07, 6.45) is 0.671. The number of benzene rings is 1. The minimum absolute atomic E-state index is 0.0135. The lowest BCUT2D eigenvalue weighted by atomic mass is 9.99. The molecule has 0 aliphatic carbocycles. The quantitative estimate of drug-likeness (QED) is 0.408. The third-order valence-corrected chi connectivity index (χ3v) is 5.30. The Bertz CT molecular complexity index is 995. The number of carbonyl (C=O) groups excluding carboxylic acids is 2. The molecule has 30 heavy (non-hydrogen) atoms. The van der Waals surface area contributed by atoms with E-state index in [4.69, 9.17) is 20.8 Å². The van der Waals surface area contributed by atoms with E-state index in [0.29, 0.717) is 35.8 Å². The summed E-state index contributed by atoms with van der Waals surface area (Å²) in [4.78, 5) is 29.2. The summed E-state index contributed by atoms with van der Waals surface area (Å²) in [6.45, 7) is 2.89. The first kappa shape index (κ1) is 21.9. The summed E-state index contributed by atoms with van der Waals surface area (Å²) in [5.74, 6) is -0.186. The highest BCUT2D eigenvalue weighted by Crippen LogP contribution is 2.40. The second-order valence-electron chi connectivity index (χ2n) is 7.45. The molecule has 3 rings (SSSR count). The van der Waals surface area contributed by atoms with E-state index in [9.17, 15) is 14.7 Å². The van der Waals surface area contributed by atoms with E-state index in [1.165, 1.54) is 18.1 Å². The lowest BCUT2D eigenvalue weighted by molar-refractivity contribution is -0.140. The molecule has 0 unspecified atom stereocenters. The summed E-state index contributed by atoms with van der Waals surface area (Å²) < 4.78 is 10.9. The fourth-order valence-electron chi connectivity index (χ4n) is 3.53. The van der Waals surface area contributed by atoms with Gasteiger partial charge in [-0.1, -0.05) is 11.6 Å². The standard InChI is InChI=1S/C22H25ClN2O5/c1-13-6-8-17(30-13)19-18(20(26)14-7-9-16(29-4)15(23)12-14)21(27)22(28)25(19)11-5-10-24(2)3/h6-9,12,19,26H,5,10-11H2,1-4H3/b20-18+/t19-/m0/s1. The highest BCUT2D eigenvalue weighted by atomic mass is 35.5. The number of aryl methyl sites for hydroxylation is 1. The van der Waals surface area contributed by atoms with Crippen LogP contribution >= 0.6 is 11.6 Å². The summed E-state index contributed by atoms with van der Waals surface area (Å²) in [5, 5.41) is 11.3. The van der Waals surface area contributed by atoms with Crippen LogP contribution in [0.5, 0.6) is 5.75 Å². The zero-order valence-electron chi connectivity index (χ0n) is 17.4. The Labute approximate surface area is 180 Å². The molecule has 1 fully saturated rings. The van der Waals surface area contributed by atoms with Gasteiger partial charge in [-0.25, -0.2) is 0 Å². The Kier molecular flexibility index (Phi) is 6.53. The molecule has 8 heteroatoms. The van der Waals surface area contributed by atoms with Crippen molar-refractivity contribution in [2.24, 2.45) is 0 Å². The van der Waals surface area contributed by atoms with Gasteiger partial charge in [0.05, 0.1) is 17.7 Å². The first-order valence-corrected chi connectivity index (χ1v) is 9.95. The van der Waals surface area contributed by atoms with Crippen LogP contribution in [0.25, 0.3) is 5.76 Å². The molecule has 1 aromatic carbocycles. The van der Waals surface area contributed by atoms with Crippen LogP contribution in [0.3, 0.4) is 0 Å². The maximum absolute atomic E-state index is 12.9. The molecule has 2 aromatic rings. The lowest BCUT2D eigenvalue weighted by Gasteiger charge is -2.24. The van der Waals surface area contributed by atoms with Gasteiger partial charge in [0.15, 0.2) is 0 Å². The van der Waals surface area contributed by atoms with Gasteiger partial charge in [0.2, 0.25) is 0 Å². The molecule has 7 nitrogen and oxygen atoms in total. The molecule has 1 saturated heterocycles. The molecule has 1 N–H and O–H groups in total. The van der Waals surface area contributed by atoms with Crippen LogP contribution in [0.4, 0.5) is 0 Å². The van der Waals surface area contributed by atoms with E-state index < -0.39 is 17.7 Å². The van der Waals surface area contributed by atoms with Gasteiger partial charge >= 0.3 is 0 Å². The fourth-order valence-corrected chi connectivity index (χ4v) is 3.79. The summed E-state index contributed by atoms with van der Waals surface area (Å²) in [6, 6.07) is 7.36. The number of furan rings is 1. The number of aliphatic hydroxyl groups is 1. The molecule has 0 bridgehead atoms. The third-order valence-electron chi connectivity index (χ3n) is 5.00. The Morgan fingerprint density at radius 1 is 1.27 bits per heavy atom. The fraction of sp³-hybridized carbons (Fsp3) is 0.364. The van der Waals surface area contributed by atoms with Crippen molar-refractivity contribution in [2.45, 2.75) is 19.4 Å². The topological polar surface area (TPSA) is 83.2 Å². The van der Waals surface area contributed by atoms with E-state index in [0.717, 1.165) is 6.54 Å². The van der Waals surface area contributed by atoms with Gasteiger partial charge in [0.25, 0.3) is 11.7 Å². The molecule has 0 spiro atoms.